The fraction of sp³-hybridized carbons (Fsp3) is 0.261. The van der Waals surface area contributed by atoms with Crippen molar-refractivity contribution in [1.29, 1.82) is 0 Å². The lowest BCUT2D eigenvalue weighted by Crippen LogP contribution is -2.50. The van der Waals surface area contributed by atoms with Crippen LogP contribution in [0, 0.1) is 12.7 Å². The Morgan fingerprint density at radius 3 is 2.39 bits per heavy atom. The van der Waals surface area contributed by atoms with Crippen LogP contribution in [-0.2, 0) is 4.79 Å². The van der Waals surface area contributed by atoms with Gasteiger partial charge in [0.15, 0.2) is 0 Å². The molecule has 0 bridgehead atoms. The summed E-state index contributed by atoms with van der Waals surface area (Å²) in [5, 5.41) is 6.85. The number of rotatable bonds is 5. The molecule has 0 aliphatic carbocycles. The molecule has 1 aliphatic rings. The van der Waals surface area contributed by atoms with Crippen LogP contribution in [0.5, 0.6) is 0 Å². The van der Waals surface area contributed by atoms with Crippen LogP contribution in [0.15, 0.2) is 59.1 Å². The lowest BCUT2D eigenvalue weighted by atomic mass is 10.0. The summed E-state index contributed by atoms with van der Waals surface area (Å²) in [5.74, 6) is -0.150. The van der Waals surface area contributed by atoms with Crippen LogP contribution in [0.25, 0.3) is 11.3 Å². The lowest BCUT2D eigenvalue weighted by Gasteiger charge is -2.34. The molecule has 0 unspecified atom stereocenters. The molecule has 1 aromatic heterocycles. The van der Waals surface area contributed by atoms with Gasteiger partial charge in [-0.1, -0.05) is 35.5 Å². The standard InChI is InChI=1S/C23H23FN4O3/c1-16-21(22(26-31-16)17-5-3-2-4-6-17)23(30)28-13-11-27(12-14-28)15-20(29)25-19-9-7-18(24)8-10-19/h2-10H,11-15H2,1H3,(H,25,29). The lowest BCUT2D eigenvalue weighted by molar-refractivity contribution is -0.117. The van der Waals surface area contributed by atoms with E-state index < -0.39 is 0 Å². The van der Waals surface area contributed by atoms with Crippen molar-refractivity contribution < 1.29 is 18.5 Å². The van der Waals surface area contributed by atoms with E-state index in [0.29, 0.717) is 48.9 Å². The molecule has 3 aromatic rings. The van der Waals surface area contributed by atoms with Gasteiger partial charge in [0.1, 0.15) is 22.8 Å². The number of hydrogen-bond acceptors (Lipinski definition) is 5. The molecule has 1 N–H and O–H groups in total. The molecule has 0 spiro atoms. The summed E-state index contributed by atoms with van der Waals surface area (Å²) < 4.78 is 18.3. The number of halogens is 1. The Morgan fingerprint density at radius 2 is 1.71 bits per heavy atom. The Kier molecular flexibility index (Phi) is 6.08. The molecule has 0 radical (unpaired) electrons. The van der Waals surface area contributed by atoms with E-state index in [1.165, 1.54) is 24.3 Å². The number of piperazine rings is 1. The van der Waals surface area contributed by atoms with Gasteiger partial charge in [-0.2, -0.15) is 0 Å². The number of nitrogens with one attached hydrogen (secondary N) is 1. The van der Waals surface area contributed by atoms with Gasteiger partial charge in [0.05, 0.1) is 6.54 Å². The summed E-state index contributed by atoms with van der Waals surface area (Å²) in [6.45, 7) is 4.11. The fourth-order valence-corrected chi connectivity index (χ4v) is 3.62. The Bertz CT molecular complexity index is 1060. The largest absolute Gasteiger partial charge is 0.360 e. The number of carbonyl (C=O) groups excluding carboxylic acids is 2. The Morgan fingerprint density at radius 1 is 1.03 bits per heavy atom. The number of carbonyl (C=O) groups is 2. The summed E-state index contributed by atoms with van der Waals surface area (Å²) in [5.41, 5.74) is 2.41. The van der Waals surface area contributed by atoms with Crippen LogP contribution in [-0.4, -0.2) is 59.5 Å². The third-order valence-corrected chi connectivity index (χ3v) is 5.28. The zero-order chi connectivity index (χ0) is 21.8. The first-order chi connectivity index (χ1) is 15.0. The van der Waals surface area contributed by atoms with E-state index in [0.717, 1.165) is 5.56 Å². The molecule has 1 saturated heterocycles. The van der Waals surface area contributed by atoms with Crippen LogP contribution in [0.3, 0.4) is 0 Å². The zero-order valence-electron chi connectivity index (χ0n) is 17.2. The quantitative estimate of drug-likeness (QED) is 0.683. The topological polar surface area (TPSA) is 78.7 Å². The Hall–Kier alpha value is -3.52. The maximum absolute atomic E-state index is 13.2. The summed E-state index contributed by atoms with van der Waals surface area (Å²) in [6.07, 6.45) is 0. The average Bonchev–Trinajstić information content (AvgIpc) is 3.17. The number of nitrogens with zero attached hydrogens (tertiary/aromatic N) is 3. The van der Waals surface area contributed by atoms with Crippen molar-refractivity contribution in [2.45, 2.75) is 6.92 Å². The van der Waals surface area contributed by atoms with E-state index in [2.05, 4.69) is 10.5 Å². The number of benzene rings is 2. The van der Waals surface area contributed by atoms with Crippen LogP contribution >= 0.6 is 0 Å². The van der Waals surface area contributed by atoms with Gasteiger partial charge in [0, 0.05) is 37.4 Å². The van der Waals surface area contributed by atoms with Crippen LogP contribution in [0.1, 0.15) is 16.1 Å². The molecule has 1 fully saturated rings. The molecule has 1 aliphatic heterocycles. The van der Waals surface area contributed by atoms with Gasteiger partial charge in [0.2, 0.25) is 5.91 Å². The Labute approximate surface area is 179 Å². The van der Waals surface area contributed by atoms with Crippen molar-refractivity contribution in [3.8, 4) is 11.3 Å². The number of hydrogen-bond donors (Lipinski definition) is 1. The first-order valence-corrected chi connectivity index (χ1v) is 10.1. The molecule has 2 amide bonds. The highest BCUT2D eigenvalue weighted by Crippen LogP contribution is 2.26. The molecule has 7 nitrogen and oxygen atoms in total. The number of anilines is 1. The van der Waals surface area contributed by atoms with Gasteiger partial charge in [-0.25, -0.2) is 4.39 Å². The number of aryl methyl sites for hydroxylation is 1. The van der Waals surface area contributed by atoms with E-state index >= 15 is 0 Å². The molecule has 0 atom stereocenters. The van der Waals surface area contributed by atoms with Crippen LogP contribution in [0.2, 0.25) is 0 Å². The maximum Gasteiger partial charge on any atom is 0.259 e. The average molecular weight is 422 g/mol. The van der Waals surface area contributed by atoms with Gasteiger partial charge < -0.3 is 14.7 Å². The SMILES string of the molecule is Cc1onc(-c2ccccc2)c1C(=O)N1CCN(CC(=O)Nc2ccc(F)cc2)CC1. The molecule has 4 rings (SSSR count). The van der Waals surface area contributed by atoms with Crippen molar-refractivity contribution >= 4 is 17.5 Å². The third kappa shape index (κ3) is 4.80. The highest BCUT2D eigenvalue weighted by Gasteiger charge is 2.29. The second-order valence-corrected chi connectivity index (χ2v) is 7.45. The van der Waals surface area contributed by atoms with Crippen molar-refractivity contribution in [2.75, 3.05) is 38.0 Å². The van der Waals surface area contributed by atoms with Crippen molar-refractivity contribution in [1.82, 2.24) is 15.0 Å². The van der Waals surface area contributed by atoms with Gasteiger partial charge >= 0.3 is 0 Å². The van der Waals surface area contributed by atoms with E-state index in [1.807, 2.05) is 35.2 Å². The van der Waals surface area contributed by atoms with E-state index in [1.54, 1.807) is 11.8 Å². The van der Waals surface area contributed by atoms with Gasteiger partial charge in [0.25, 0.3) is 5.91 Å². The van der Waals surface area contributed by atoms with Gasteiger partial charge in [-0.3, -0.25) is 14.5 Å². The first kappa shape index (κ1) is 20.7. The summed E-state index contributed by atoms with van der Waals surface area (Å²) in [4.78, 5) is 29.2. The minimum Gasteiger partial charge on any atom is -0.360 e. The normalized spacial score (nSPS) is 14.5. The molecular weight excluding hydrogens is 399 g/mol. The molecule has 8 heteroatoms. The predicted octanol–water partition coefficient (Wildman–Crippen LogP) is 3.19. The smallest absolute Gasteiger partial charge is 0.259 e. The molecular formula is C23H23FN4O3. The highest BCUT2D eigenvalue weighted by atomic mass is 19.1. The minimum absolute atomic E-state index is 0.118. The van der Waals surface area contributed by atoms with E-state index in [9.17, 15) is 14.0 Å². The van der Waals surface area contributed by atoms with E-state index in [4.69, 9.17) is 4.52 Å². The van der Waals surface area contributed by atoms with Crippen molar-refractivity contribution in [2.24, 2.45) is 0 Å². The summed E-state index contributed by atoms with van der Waals surface area (Å²) in [7, 11) is 0. The van der Waals surface area contributed by atoms with Crippen LogP contribution in [0.4, 0.5) is 10.1 Å². The predicted molar refractivity (Wildman–Crippen MR) is 114 cm³/mol. The number of amides is 2. The highest BCUT2D eigenvalue weighted by molar-refractivity contribution is 6.00. The van der Waals surface area contributed by atoms with Crippen molar-refractivity contribution in [3.05, 3.63) is 71.7 Å². The number of aromatic nitrogens is 1. The van der Waals surface area contributed by atoms with Gasteiger partial charge in [-0.05, 0) is 31.2 Å². The summed E-state index contributed by atoms with van der Waals surface area (Å²) in [6, 6.07) is 15.1. The molecule has 2 aromatic carbocycles. The molecule has 0 saturated carbocycles. The monoisotopic (exact) mass is 422 g/mol. The zero-order valence-corrected chi connectivity index (χ0v) is 17.2. The molecule has 160 valence electrons. The summed E-state index contributed by atoms with van der Waals surface area (Å²) >= 11 is 0. The minimum atomic E-state index is -0.350. The second-order valence-electron chi connectivity index (χ2n) is 7.45. The molecule has 2 heterocycles. The van der Waals surface area contributed by atoms with Gasteiger partial charge in [-0.15, -0.1) is 0 Å². The third-order valence-electron chi connectivity index (χ3n) is 5.28. The first-order valence-electron chi connectivity index (χ1n) is 10.1. The van der Waals surface area contributed by atoms with E-state index in [-0.39, 0.29) is 24.2 Å². The fourth-order valence-electron chi connectivity index (χ4n) is 3.62. The van der Waals surface area contributed by atoms with Crippen LogP contribution < -0.4 is 5.32 Å². The molecule has 31 heavy (non-hydrogen) atoms. The maximum atomic E-state index is 13.2. The second kappa shape index (κ2) is 9.09. The Balaban J connectivity index is 1.35. The van der Waals surface area contributed by atoms with Crippen molar-refractivity contribution in [3.63, 3.8) is 0 Å².